The third-order valence-electron chi connectivity index (χ3n) is 3.83. The summed E-state index contributed by atoms with van der Waals surface area (Å²) in [4.78, 5) is 15.2. The standard InChI is InChI=1S/C17H17N3O3/c1-10-5-4-8-14(21-18)16(10)13-9-15(22-19)11-6-2-3-7-12(11)17(13)23-20/h2-9H,18-20H2,1H3. The van der Waals surface area contributed by atoms with Crippen LogP contribution in [0.4, 0.5) is 0 Å². The molecule has 6 N–H and O–H groups in total. The first kappa shape index (κ1) is 15.1. The fourth-order valence-electron chi connectivity index (χ4n) is 2.81. The van der Waals surface area contributed by atoms with E-state index in [2.05, 4.69) is 0 Å². The van der Waals surface area contributed by atoms with Crippen molar-refractivity contribution in [3.05, 3.63) is 54.1 Å². The quantitative estimate of drug-likeness (QED) is 0.639. The molecule has 0 radical (unpaired) electrons. The maximum Gasteiger partial charge on any atom is 0.162 e. The molecule has 3 rings (SSSR count). The molecule has 0 heterocycles. The number of nitrogens with two attached hydrogens (primary N) is 3. The van der Waals surface area contributed by atoms with Crippen LogP contribution < -0.4 is 32.2 Å². The Morgan fingerprint density at radius 1 is 0.739 bits per heavy atom. The van der Waals surface area contributed by atoms with Gasteiger partial charge in [0.05, 0.1) is 0 Å². The van der Waals surface area contributed by atoms with E-state index >= 15 is 0 Å². The monoisotopic (exact) mass is 311 g/mol. The average molecular weight is 311 g/mol. The summed E-state index contributed by atoms with van der Waals surface area (Å²) in [6.07, 6.45) is 0. The van der Waals surface area contributed by atoms with Crippen molar-refractivity contribution >= 4 is 10.8 Å². The van der Waals surface area contributed by atoms with Gasteiger partial charge < -0.3 is 14.5 Å². The first-order valence-corrected chi connectivity index (χ1v) is 6.97. The molecule has 0 amide bonds. The predicted molar refractivity (Wildman–Crippen MR) is 88.6 cm³/mol. The van der Waals surface area contributed by atoms with Crippen molar-refractivity contribution in [2.24, 2.45) is 17.7 Å². The topological polar surface area (TPSA) is 106 Å². The lowest BCUT2D eigenvalue weighted by Crippen LogP contribution is -2.09. The normalized spacial score (nSPS) is 10.6. The second kappa shape index (κ2) is 6.13. The fourth-order valence-corrected chi connectivity index (χ4v) is 2.81. The zero-order chi connectivity index (χ0) is 16.4. The summed E-state index contributed by atoms with van der Waals surface area (Å²) in [5, 5.41) is 1.57. The second-order valence-corrected chi connectivity index (χ2v) is 5.10. The maximum atomic E-state index is 5.54. The largest absolute Gasteiger partial charge is 0.411 e. The van der Waals surface area contributed by atoms with Crippen molar-refractivity contribution in [1.82, 2.24) is 0 Å². The van der Waals surface area contributed by atoms with Gasteiger partial charge in [0, 0.05) is 21.9 Å². The predicted octanol–water partition coefficient (Wildman–Crippen LogP) is 2.57. The molecule has 0 aliphatic heterocycles. The molecule has 118 valence electrons. The van der Waals surface area contributed by atoms with Crippen LogP contribution in [0.5, 0.6) is 17.2 Å². The second-order valence-electron chi connectivity index (χ2n) is 5.10. The number of benzene rings is 3. The highest BCUT2D eigenvalue weighted by Gasteiger charge is 2.20. The molecule has 0 unspecified atom stereocenters. The highest BCUT2D eigenvalue weighted by molar-refractivity contribution is 6.00. The zero-order valence-corrected chi connectivity index (χ0v) is 12.6. The van der Waals surface area contributed by atoms with E-state index in [1.54, 1.807) is 12.1 Å². The van der Waals surface area contributed by atoms with E-state index in [1.807, 2.05) is 43.3 Å². The third-order valence-corrected chi connectivity index (χ3v) is 3.83. The number of rotatable bonds is 4. The van der Waals surface area contributed by atoms with Gasteiger partial charge in [0.2, 0.25) is 0 Å². The van der Waals surface area contributed by atoms with Crippen LogP contribution in [0.25, 0.3) is 21.9 Å². The summed E-state index contributed by atoms with van der Waals surface area (Å²) < 4.78 is 0. The number of hydrogen-bond donors (Lipinski definition) is 3. The Kier molecular flexibility index (Phi) is 4.03. The smallest absolute Gasteiger partial charge is 0.162 e. The van der Waals surface area contributed by atoms with E-state index in [9.17, 15) is 0 Å². The van der Waals surface area contributed by atoms with Crippen LogP contribution in [0, 0.1) is 6.92 Å². The summed E-state index contributed by atoms with van der Waals surface area (Å²) in [7, 11) is 0. The van der Waals surface area contributed by atoms with Gasteiger partial charge in [-0.15, -0.1) is 0 Å². The summed E-state index contributed by atoms with van der Waals surface area (Å²) in [5.41, 5.74) is 2.40. The molecule has 0 saturated heterocycles. The Balaban J connectivity index is 2.43. The molecule has 0 aromatic heterocycles. The number of hydrogen-bond acceptors (Lipinski definition) is 6. The van der Waals surface area contributed by atoms with E-state index in [1.165, 1.54) is 0 Å². The van der Waals surface area contributed by atoms with Gasteiger partial charge in [-0.05, 0) is 24.6 Å². The SMILES string of the molecule is Cc1cccc(ON)c1-c1cc(ON)c2ccccc2c1ON. The molecule has 6 nitrogen and oxygen atoms in total. The Morgan fingerprint density at radius 2 is 1.43 bits per heavy atom. The molecule has 0 aliphatic carbocycles. The van der Waals surface area contributed by atoms with Crippen molar-refractivity contribution in [2.45, 2.75) is 6.92 Å². The van der Waals surface area contributed by atoms with Crippen LogP contribution in [-0.4, -0.2) is 0 Å². The van der Waals surface area contributed by atoms with Crippen molar-refractivity contribution in [3.63, 3.8) is 0 Å². The lowest BCUT2D eigenvalue weighted by atomic mass is 9.95. The molecule has 0 bridgehead atoms. The van der Waals surface area contributed by atoms with Crippen molar-refractivity contribution in [2.75, 3.05) is 0 Å². The van der Waals surface area contributed by atoms with Gasteiger partial charge in [-0.25, -0.2) is 0 Å². The molecular formula is C17H17N3O3. The van der Waals surface area contributed by atoms with Gasteiger partial charge >= 0.3 is 0 Å². The van der Waals surface area contributed by atoms with Crippen LogP contribution in [-0.2, 0) is 0 Å². The van der Waals surface area contributed by atoms with Crippen molar-refractivity contribution in [3.8, 4) is 28.4 Å². The van der Waals surface area contributed by atoms with Crippen LogP contribution >= 0.6 is 0 Å². The minimum Gasteiger partial charge on any atom is -0.411 e. The number of fused-ring (bicyclic) bond motifs is 1. The lowest BCUT2D eigenvalue weighted by molar-refractivity contribution is 0.329. The summed E-state index contributed by atoms with van der Waals surface area (Å²) in [6.45, 7) is 1.94. The van der Waals surface area contributed by atoms with Crippen LogP contribution in [0.2, 0.25) is 0 Å². The first-order chi connectivity index (χ1) is 11.2. The van der Waals surface area contributed by atoms with E-state index < -0.39 is 0 Å². The van der Waals surface area contributed by atoms with Gasteiger partial charge in [0.25, 0.3) is 0 Å². The van der Waals surface area contributed by atoms with Crippen LogP contribution in [0.3, 0.4) is 0 Å². The Hall–Kier alpha value is -2.80. The van der Waals surface area contributed by atoms with Gasteiger partial charge in [-0.2, -0.15) is 17.7 Å². The zero-order valence-electron chi connectivity index (χ0n) is 12.6. The average Bonchev–Trinajstić information content (AvgIpc) is 2.60. The number of aryl methyl sites for hydroxylation is 1. The van der Waals surface area contributed by atoms with Gasteiger partial charge in [-0.1, -0.05) is 36.4 Å². The minimum atomic E-state index is 0.494. The van der Waals surface area contributed by atoms with E-state index in [0.29, 0.717) is 22.8 Å². The molecule has 6 heteroatoms. The Bertz CT molecular complexity index is 865. The van der Waals surface area contributed by atoms with E-state index in [-0.39, 0.29) is 0 Å². The summed E-state index contributed by atoms with van der Waals surface area (Å²) in [6, 6.07) is 14.8. The molecular weight excluding hydrogens is 294 g/mol. The molecule has 0 saturated carbocycles. The highest BCUT2D eigenvalue weighted by Crippen LogP contribution is 2.45. The fraction of sp³-hybridized carbons (Fsp3) is 0.0588. The molecule has 0 atom stereocenters. The van der Waals surface area contributed by atoms with E-state index in [0.717, 1.165) is 21.9 Å². The highest BCUT2D eigenvalue weighted by atomic mass is 16.6. The first-order valence-electron chi connectivity index (χ1n) is 6.97. The van der Waals surface area contributed by atoms with Gasteiger partial charge in [-0.3, -0.25) is 0 Å². The minimum absolute atomic E-state index is 0.494. The van der Waals surface area contributed by atoms with Crippen molar-refractivity contribution < 1.29 is 14.5 Å². The Labute approximate surface area is 133 Å². The molecule has 3 aromatic carbocycles. The Morgan fingerprint density at radius 3 is 2.09 bits per heavy atom. The molecule has 0 fully saturated rings. The van der Waals surface area contributed by atoms with Crippen LogP contribution in [0.15, 0.2) is 48.5 Å². The van der Waals surface area contributed by atoms with Gasteiger partial charge in [0.15, 0.2) is 17.2 Å². The van der Waals surface area contributed by atoms with Crippen molar-refractivity contribution in [1.29, 1.82) is 0 Å². The summed E-state index contributed by atoms with van der Waals surface area (Å²) >= 11 is 0. The summed E-state index contributed by atoms with van der Waals surface area (Å²) in [5.74, 6) is 17.9. The molecule has 23 heavy (non-hydrogen) atoms. The third kappa shape index (κ3) is 2.44. The van der Waals surface area contributed by atoms with Crippen LogP contribution in [0.1, 0.15) is 5.56 Å². The molecule has 0 aliphatic rings. The molecule has 0 spiro atoms. The molecule has 3 aromatic rings. The lowest BCUT2D eigenvalue weighted by Gasteiger charge is -2.17. The van der Waals surface area contributed by atoms with E-state index in [4.69, 9.17) is 32.2 Å². The van der Waals surface area contributed by atoms with Gasteiger partial charge in [0.1, 0.15) is 0 Å². The maximum absolute atomic E-state index is 5.54.